The number of rotatable bonds is 3. The summed E-state index contributed by atoms with van der Waals surface area (Å²) in [5, 5.41) is 15.8. The summed E-state index contributed by atoms with van der Waals surface area (Å²) in [6.45, 7) is 0. The maximum atomic E-state index is 11.5. The number of hydrogen-bond donors (Lipinski definition) is 3. The molecule has 2 rings (SSSR count). The number of anilines is 1. The topological polar surface area (TPSA) is 78.4 Å². The van der Waals surface area contributed by atoms with Crippen LogP contribution in [0.2, 0.25) is 0 Å². The van der Waals surface area contributed by atoms with Gasteiger partial charge in [0.25, 0.3) is 0 Å². The van der Waals surface area contributed by atoms with Gasteiger partial charge in [-0.3, -0.25) is 0 Å². The Balaban J connectivity index is 1.94. The van der Waals surface area contributed by atoms with Gasteiger partial charge in [0.15, 0.2) is 0 Å². The molecule has 5 nitrogen and oxygen atoms in total. The molecule has 0 radical (unpaired) electrons. The highest BCUT2D eigenvalue weighted by Crippen LogP contribution is 2.22. The van der Waals surface area contributed by atoms with Gasteiger partial charge in [-0.2, -0.15) is 0 Å². The van der Waals surface area contributed by atoms with Gasteiger partial charge >= 0.3 is 12.0 Å². The van der Waals surface area contributed by atoms with Crippen LogP contribution >= 0.6 is 11.3 Å². The van der Waals surface area contributed by atoms with Gasteiger partial charge in [-0.25, -0.2) is 9.59 Å². The Morgan fingerprint density at radius 3 is 2.75 bits per heavy atom. The molecule has 6 heteroatoms. The van der Waals surface area contributed by atoms with E-state index < -0.39 is 5.97 Å². The van der Waals surface area contributed by atoms with Crippen molar-refractivity contribution >= 4 is 29.0 Å². The van der Waals surface area contributed by atoms with Crippen molar-refractivity contribution in [2.45, 2.75) is 25.3 Å². The van der Waals surface area contributed by atoms with Gasteiger partial charge in [0.05, 0.1) is 5.69 Å². The fourth-order valence-electron chi connectivity index (χ4n) is 1.47. The number of thiophene rings is 1. The third-order valence-corrected chi connectivity index (χ3v) is 3.45. The maximum absolute atomic E-state index is 11.5. The largest absolute Gasteiger partial charge is 0.477 e. The number of urea groups is 1. The van der Waals surface area contributed by atoms with Crippen molar-refractivity contribution in [1.29, 1.82) is 0 Å². The fourth-order valence-corrected chi connectivity index (χ4v) is 2.16. The zero-order chi connectivity index (χ0) is 11.5. The molecule has 1 saturated carbocycles. The van der Waals surface area contributed by atoms with Crippen LogP contribution in [0.1, 0.15) is 28.9 Å². The van der Waals surface area contributed by atoms with Crippen molar-refractivity contribution in [2.75, 3.05) is 5.32 Å². The Labute approximate surface area is 96.5 Å². The molecule has 86 valence electrons. The second-order valence-corrected chi connectivity index (χ2v) is 4.61. The number of carbonyl (C=O) groups excluding carboxylic acids is 1. The lowest BCUT2D eigenvalue weighted by molar-refractivity contribution is 0.0703. The zero-order valence-corrected chi connectivity index (χ0v) is 9.34. The van der Waals surface area contributed by atoms with Crippen molar-refractivity contribution in [2.24, 2.45) is 0 Å². The van der Waals surface area contributed by atoms with E-state index in [4.69, 9.17) is 5.11 Å². The number of nitrogens with one attached hydrogen (secondary N) is 2. The van der Waals surface area contributed by atoms with Crippen molar-refractivity contribution in [3.63, 3.8) is 0 Å². The summed E-state index contributed by atoms with van der Waals surface area (Å²) in [6.07, 6.45) is 3.15. The molecule has 16 heavy (non-hydrogen) atoms. The van der Waals surface area contributed by atoms with Crippen molar-refractivity contribution in [1.82, 2.24) is 5.32 Å². The Kier molecular flexibility index (Phi) is 3.09. The van der Waals surface area contributed by atoms with Crippen LogP contribution in [0.25, 0.3) is 0 Å². The second-order valence-electron chi connectivity index (χ2n) is 3.69. The highest BCUT2D eigenvalue weighted by atomic mass is 32.1. The van der Waals surface area contributed by atoms with E-state index >= 15 is 0 Å². The van der Waals surface area contributed by atoms with Gasteiger partial charge in [0, 0.05) is 6.04 Å². The van der Waals surface area contributed by atoms with Gasteiger partial charge in [0.2, 0.25) is 0 Å². The molecule has 1 aliphatic rings. The summed E-state index contributed by atoms with van der Waals surface area (Å²) in [6, 6.07) is 1.51. The van der Waals surface area contributed by atoms with Gasteiger partial charge in [-0.1, -0.05) is 0 Å². The molecule has 0 spiro atoms. The summed E-state index contributed by atoms with van der Waals surface area (Å²) in [4.78, 5) is 22.4. The molecular formula is C10H12N2O3S. The highest BCUT2D eigenvalue weighted by Gasteiger charge is 2.20. The first-order valence-corrected chi connectivity index (χ1v) is 5.93. The highest BCUT2D eigenvalue weighted by molar-refractivity contribution is 7.12. The first-order valence-electron chi connectivity index (χ1n) is 5.05. The Morgan fingerprint density at radius 2 is 2.19 bits per heavy atom. The van der Waals surface area contributed by atoms with E-state index in [0.29, 0.717) is 5.69 Å². The number of carboxylic acid groups (broad SMARTS) is 1. The fraction of sp³-hybridized carbons (Fsp3) is 0.400. The van der Waals surface area contributed by atoms with Crippen LogP contribution in [0.3, 0.4) is 0 Å². The minimum absolute atomic E-state index is 0.156. The lowest BCUT2D eigenvalue weighted by atomic mass is 9.93. The molecule has 0 saturated heterocycles. The minimum atomic E-state index is -1.02. The summed E-state index contributed by atoms with van der Waals surface area (Å²) >= 11 is 1.10. The van der Waals surface area contributed by atoms with Gasteiger partial charge in [-0.15, -0.1) is 11.3 Å². The van der Waals surface area contributed by atoms with Crippen LogP contribution in [0, 0.1) is 0 Å². The van der Waals surface area contributed by atoms with E-state index in [1.54, 1.807) is 11.4 Å². The average molecular weight is 240 g/mol. The molecule has 1 aliphatic carbocycles. The molecule has 1 fully saturated rings. The molecule has 0 aliphatic heterocycles. The van der Waals surface area contributed by atoms with Crippen LogP contribution in [0.4, 0.5) is 10.5 Å². The van der Waals surface area contributed by atoms with E-state index in [1.165, 1.54) is 0 Å². The van der Waals surface area contributed by atoms with E-state index in [2.05, 4.69) is 10.6 Å². The Hall–Kier alpha value is -1.56. The number of hydrogen-bond acceptors (Lipinski definition) is 3. The Bertz CT molecular complexity index is 412. The Morgan fingerprint density at radius 1 is 1.44 bits per heavy atom. The van der Waals surface area contributed by atoms with Crippen LogP contribution in [-0.2, 0) is 0 Å². The maximum Gasteiger partial charge on any atom is 0.348 e. The van der Waals surface area contributed by atoms with Crippen molar-refractivity contribution in [3.8, 4) is 0 Å². The number of amides is 2. The van der Waals surface area contributed by atoms with Crippen molar-refractivity contribution < 1.29 is 14.7 Å². The number of aromatic carboxylic acids is 1. The van der Waals surface area contributed by atoms with Crippen LogP contribution < -0.4 is 10.6 Å². The minimum Gasteiger partial charge on any atom is -0.477 e. The van der Waals surface area contributed by atoms with Crippen LogP contribution in [0.5, 0.6) is 0 Å². The van der Waals surface area contributed by atoms with Gasteiger partial charge in [-0.05, 0) is 30.7 Å². The third-order valence-electron chi connectivity index (χ3n) is 2.55. The first kappa shape index (κ1) is 10.9. The molecule has 1 aromatic rings. The standard InChI is InChI=1S/C10H12N2O3S/c13-9(14)8-7(4-5-16-8)12-10(15)11-6-2-1-3-6/h4-6H,1-3H2,(H,13,14)(H2,11,12,15). The average Bonchev–Trinajstić information content (AvgIpc) is 2.59. The summed E-state index contributed by atoms with van der Waals surface area (Å²) in [5.41, 5.74) is 0.356. The SMILES string of the molecule is O=C(Nc1ccsc1C(=O)O)NC1CCC1. The molecule has 1 aromatic heterocycles. The lowest BCUT2D eigenvalue weighted by Gasteiger charge is -2.26. The normalized spacial score (nSPS) is 15.2. The predicted molar refractivity (Wildman–Crippen MR) is 61.1 cm³/mol. The first-order chi connectivity index (χ1) is 7.66. The lowest BCUT2D eigenvalue weighted by Crippen LogP contribution is -2.41. The van der Waals surface area contributed by atoms with Gasteiger partial charge < -0.3 is 15.7 Å². The van der Waals surface area contributed by atoms with Gasteiger partial charge in [0.1, 0.15) is 4.88 Å². The summed E-state index contributed by atoms with van der Waals surface area (Å²) < 4.78 is 0. The molecule has 0 atom stereocenters. The molecule has 0 aromatic carbocycles. The molecule has 1 heterocycles. The van der Waals surface area contributed by atoms with Crippen LogP contribution in [0.15, 0.2) is 11.4 Å². The van der Waals surface area contributed by atoms with Crippen molar-refractivity contribution in [3.05, 3.63) is 16.3 Å². The summed E-state index contributed by atoms with van der Waals surface area (Å²) in [5.74, 6) is -1.02. The molecular weight excluding hydrogens is 228 g/mol. The van der Waals surface area contributed by atoms with E-state index in [1.807, 2.05) is 0 Å². The predicted octanol–water partition coefficient (Wildman–Crippen LogP) is 2.12. The van der Waals surface area contributed by atoms with E-state index in [-0.39, 0.29) is 17.0 Å². The molecule has 2 amide bonds. The van der Waals surface area contributed by atoms with E-state index in [9.17, 15) is 9.59 Å². The monoisotopic (exact) mass is 240 g/mol. The summed E-state index contributed by atoms with van der Waals surface area (Å²) in [7, 11) is 0. The number of carbonyl (C=O) groups is 2. The van der Waals surface area contributed by atoms with E-state index in [0.717, 1.165) is 30.6 Å². The molecule has 3 N–H and O–H groups in total. The molecule has 0 bridgehead atoms. The zero-order valence-electron chi connectivity index (χ0n) is 8.53. The second kappa shape index (κ2) is 4.52. The third kappa shape index (κ3) is 2.33. The van der Waals surface area contributed by atoms with Crippen LogP contribution in [-0.4, -0.2) is 23.1 Å². The smallest absolute Gasteiger partial charge is 0.348 e. The number of carboxylic acids is 1. The quantitative estimate of drug-likeness (QED) is 0.757. The molecule has 0 unspecified atom stereocenters.